The van der Waals surface area contributed by atoms with Crippen molar-refractivity contribution >= 4 is 34.5 Å². The second kappa shape index (κ2) is 7.68. The first kappa shape index (κ1) is 17.4. The minimum atomic E-state index is -0.200. The van der Waals surface area contributed by atoms with E-state index in [-0.39, 0.29) is 5.91 Å². The summed E-state index contributed by atoms with van der Waals surface area (Å²) in [4.78, 5) is 16.6. The molecule has 0 aliphatic carbocycles. The van der Waals surface area contributed by atoms with Crippen molar-refractivity contribution in [1.29, 1.82) is 0 Å². The van der Waals surface area contributed by atoms with Crippen LogP contribution in [0.4, 0.5) is 0 Å². The quantitative estimate of drug-likeness (QED) is 0.695. The van der Waals surface area contributed by atoms with Gasteiger partial charge < -0.3 is 14.8 Å². The van der Waals surface area contributed by atoms with Crippen LogP contribution in [0.1, 0.15) is 11.1 Å². The average Bonchev–Trinajstić information content (AvgIpc) is 2.71. The number of benzene rings is 2. The molecule has 0 spiro atoms. The summed E-state index contributed by atoms with van der Waals surface area (Å²) in [6.07, 6.45) is 5.01. The number of hydrogen-bond donors (Lipinski definition) is 1. The summed E-state index contributed by atoms with van der Waals surface area (Å²) in [7, 11) is 0. The normalized spacial score (nSPS) is 13.1. The predicted molar refractivity (Wildman–Crippen MR) is 105 cm³/mol. The van der Waals surface area contributed by atoms with Crippen LogP contribution in [0.3, 0.4) is 0 Å². The largest absolute Gasteiger partial charge is 0.486 e. The molecule has 1 amide bonds. The molecule has 1 aromatic heterocycles. The second-order valence-electron chi connectivity index (χ2n) is 6.08. The number of hydrogen-bond acceptors (Lipinski definition) is 4. The molecule has 0 unspecified atom stereocenters. The molecule has 0 atom stereocenters. The molecular formula is C21H17ClN2O3. The lowest BCUT2D eigenvalue weighted by atomic mass is 10.1. The Bertz CT molecular complexity index is 1030. The maximum atomic E-state index is 12.2. The Hall–Kier alpha value is -3.05. The summed E-state index contributed by atoms with van der Waals surface area (Å²) in [5.41, 5.74) is 2.60. The lowest BCUT2D eigenvalue weighted by Gasteiger charge is -2.20. The van der Waals surface area contributed by atoms with Crippen molar-refractivity contribution in [2.75, 3.05) is 13.2 Å². The maximum Gasteiger partial charge on any atom is 0.244 e. The zero-order chi connectivity index (χ0) is 18.6. The number of aromatic nitrogens is 1. The van der Waals surface area contributed by atoms with Crippen molar-refractivity contribution in [2.24, 2.45) is 0 Å². The number of nitrogens with one attached hydrogen (secondary N) is 1. The van der Waals surface area contributed by atoms with Crippen LogP contribution >= 0.6 is 11.6 Å². The van der Waals surface area contributed by atoms with Gasteiger partial charge in [-0.25, -0.2) is 0 Å². The third kappa shape index (κ3) is 3.88. The van der Waals surface area contributed by atoms with Crippen molar-refractivity contribution < 1.29 is 14.3 Å². The lowest BCUT2D eigenvalue weighted by Crippen LogP contribution is -2.21. The number of nitrogens with zero attached hydrogens (tertiary/aromatic N) is 1. The van der Waals surface area contributed by atoms with Gasteiger partial charge in [-0.2, -0.15) is 0 Å². The molecule has 136 valence electrons. The third-order valence-corrected chi connectivity index (χ3v) is 4.48. The van der Waals surface area contributed by atoms with E-state index in [0.717, 1.165) is 22.0 Å². The van der Waals surface area contributed by atoms with E-state index in [4.69, 9.17) is 21.1 Å². The molecule has 0 fully saturated rings. The first-order chi connectivity index (χ1) is 13.2. The second-order valence-corrected chi connectivity index (χ2v) is 6.48. The SMILES string of the molecule is O=C(/C=C/c1cccc2cccnc12)NCc1cc(Cl)c2c(c1)OCCO2. The molecule has 0 radical (unpaired) electrons. The predicted octanol–water partition coefficient (Wildman–Crippen LogP) is 3.99. The fourth-order valence-corrected chi connectivity index (χ4v) is 3.23. The summed E-state index contributed by atoms with van der Waals surface area (Å²) in [5.74, 6) is 0.964. The Kier molecular flexibility index (Phi) is 4.94. The summed E-state index contributed by atoms with van der Waals surface area (Å²) in [6, 6.07) is 13.4. The van der Waals surface area contributed by atoms with Crippen LogP contribution in [0, 0.1) is 0 Å². The average molecular weight is 381 g/mol. The van der Waals surface area contributed by atoms with E-state index in [1.807, 2.05) is 36.4 Å². The molecule has 4 rings (SSSR count). The van der Waals surface area contributed by atoms with Crippen LogP contribution in [0.15, 0.2) is 54.7 Å². The van der Waals surface area contributed by atoms with Gasteiger partial charge in [0.1, 0.15) is 13.2 Å². The first-order valence-electron chi connectivity index (χ1n) is 8.58. The molecular weight excluding hydrogens is 364 g/mol. The third-order valence-electron chi connectivity index (χ3n) is 4.20. The van der Waals surface area contributed by atoms with Crippen molar-refractivity contribution in [1.82, 2.24) is 10.3 Å². The van der Waals surface area contributed by atoms with Gasteiger partial charge in [0.05, 0.1) is 10.5 Å². The Morgan fingerprint density at radius 1 is 1.19 bits per heavy atom. The van der Waals surface area contributed by atoms with Crippen LogP contribution in [0.2, 0.25) is 5.02 Å². The Labute approximate surface area is 161 Å². The van der Waals surface area contributed by atoms with E-state index in [1.165, 1.54) is 6.08 Å². The standard InChI is InChI=1S/C21H17ClN2O3/c22-17-11-14(12-18-21(17)27-10-9-26-18)13-24-19(25)7-6-16-4-1-3-15-5-2-8-23-20(15)16/h1-8,11-12H,9-10,13H2,(H,24,25)/b7-6+. The van der Waals surface area contributed by atoms with Gasteiger partial charge >= 0.3 is 0 Å². The van der Waals surface area contributed by atoms with Crippen LogP contribution in [0.25, 0.3) is 17.0 Å². The molecule has 1 aliphatic heterocycles. The monoisotopic (exact) mass is 380 g/mol. The number of fused-ring (bicyclic) bond motifs is 2. The summed E-state index contributed by atoms with van der Waals surface area (Å²) in [6.45, 7) is 1.31. The number of para-hydroxylation sites is 1. The molecule has 1 N–H and O–H groups in total. The van der Waals surface area contributed by atoms with Crippen LogP contribution in [-0.4, -0.2) is 24.1 Å². The minimum absolute atomic E-state index is 0.200. The Balaban J connectivity index is 1.44. The smallest absolute Gasteiger partial charge is 0.244 e. The van der Waals surface area contributed by atoms with Gasteiger partial charge in [-0.3, -0.25) is 9.78 Å². The summed E-state index contributed by atoms with van der Waals surface area (Å²) in [5, 5.41) is 4.36. The molecule has 1 aliphatic rings. The van der Waals surface area contributed by atoms with Gasteiger partial charge in [-0.05, 0) is 29.8 Å². The van der Waals surface area contributed by atoms with E-state index < -0.39 is 0 Å². The van der Waals surface area contributed by atoms with E-state index >= 15 is 0 Å². The van der Waals surface area contributed by atoms with Gasteiger partial charge in [-0.15, -0.1) is 0 Å². The molecule has 0 saturated carbocycles. The number of carbonyl (C=O) groups excluding carboxylic acids is 1. The fourth-order valence-electron chi connectivity index (χ4n) is 2.94. The highest BCUT2D eigenvalue weighted by Crippen LogP contribution is 2.38. The maximum absolute atomic E-state index is 12.2. The van der Waals surface area contributed by atoms with Crippen LogP contribution < -0.4 is 14.8 Å². The highest BCUT2D eigenvalue weighted by molar-refractivity contribution is 6.32. The Morgan fingerprint density at radius 2 is 2.04 bits per heavy atom. The zero-order valence-electron chi connectivity index (χ0n) is 14.4. The van der Waals surface area contributed by atoms with Crippen molar-refractivity contribution in [3.63, 3.8) is 0 Å². The summed E-state index contributed by atoms with van der Waals surface area (Å²) < 4.78 is 11.1. The van der Waals surface area contributed by atoms with Gasteiger partial charge in [0.2, 0.25) is 5.91 Å². The van der Waals surface area contributed by atoms with Crippen molar-refractivity contribution in [3.8, 4) is 11.5 Å². The number of pyridine rings is 1. The highest BCUT2D eigenvalue weighted by Gasteiger charge is 2.16. The van der Waals surface area contributed by atoms with Crippen LogP contribution in [0.5, 0.6) is 11.5 Å². The topological polar surface area (TPSA) is 60.5 Å². The zero-order valence-corrected chi connectivity index (χ0v) is 15.2. The van der Waals surface area contributed by atoms with Gasteiger partial charge in [0, 0.05) is 29.8 Å². The fraction of sp³-hybridized carbons (Fsp3) is 0.143. The minimum Gasteiger partial charge on any atom is -0.486 e. The van der Waals surface area contributed by atoms with E-state index in [2.05, 4.69) is 10.3 Å². The molecule has 6 heteroatoms. The van der Waals surface area contributed by atoms with Crippen LogP contribution in [-0.2, 0) is 11.3 Å². The van der Waals surface area contributed by atoms with Gasteiger partial charge in [0.25, 0.3) is 0 Å². The molecule has 27 heavy (non-hydrogen) atoms. The number of ether oxygens (including phenoxy) is 2. The molecule has 2 heterocycles. The molecule has 0 saturated heterocycles. The first-order valence-corrected chi connectivity index (χ1v) is 8.96. The van der Waals surface area contributed by atoms with E-state index in [1.54, 1.807) is 18.3 Å². The lowest BCUT2D eigenvalue weighted by molar-refractivity contribution is -0.116. The highest BCUT2D eigenvalue weighted by atomic mass is 35.5. The molecule has 3 aromatic rings. The van der Waals surface area contributed by atoms with E-state index in [9.17, 15) is 4.79 Å². The van der Waals surface area contributed by atoms with Gasteiger partial charge in [-0.1, -0.05) is 35.9 Å². The molecule has 5 nitrogen and oxygen atoms in total. The molecule has 2 aromatic carbocycles. The van der Waals surface area contributed by atoms with E-state index in [0.29, 0.717) is 36.3 Å². The Morgan fingerprint density at radius 3 is 2.96 bits per heavy atom. The van der Waals surface area contributed by atoms with Crippen molar-refractivity contribution in [3.05, 3.63) is 70.9 Å². The molecule has 0 bridgehead atoms. The van der Waals surface area contributed by atoms with Gasteiger partial charge in [0.15, 0.2) is 11.5 Å². The number of rotatable bonds is 4. The number of carbonyl (C=O) groups is 1. The number of halogens is 1. The summed E-state index contributed by atoms with van der Waals surface area (Å²) >= 11 is 6.22. The van der Waals surface area contributed by atoms with Crippen molar-refractivity contribution in [2.45, 2.75) is 6.54 Å². The number of amides is 1.